The fourth-order valence-corrected chi connectivity index (χ4v) is 5.93. The average Bonchev–Trinajstić information content (AvgIpc) is 3.03. The van der Waals surface area contributed by atoms with Crippen LogP contribution in [0.2, 0.25) is 10.6 Å². The zero-order chi connectivity index (χ0) is 18.8. The molecule has 148 valence electrons. The van der Waals surface area contributed by atoms with E-state index in [4.69, 9.17) is 4.74 Å². The van der Waals surface area contributed by atoms with Crippen molar-refractivity contribution in [2.75, 3.05) is 0 Å². The molecule has 1 N–H and O–H groups in total. The summed E-state index contributed by atoms with van der Waals surface area (Å²) in [7, 11) is 0. The first-order chi connectivity index (χ1) is 12.6. The molecule has 1 aromatic rings. The summed E-state index contributed by atoms with van der Waals surface area (Å²) in [6, 6.07) is 2.01. The first-order valence-corrected chi connectivity index (χ1v) is 13.1. The van der Waals surface area contributed by atoms with Crippen LogP contribution in [0.4, 0.5) is 0 Å². The molecule has 0 amide bonds. The molecule has 3 heteroatoms. The van der Waals surface area contributed by atoms with Crippen LogP contribution in [0.5, 0.6) is 11.5 Å². The Kier molecular flexibility index (Phi) is 9.93. The summed E-state index contributed by atoms with van der Waals surface area (Å²) < 4.78 is 6.13. The van der Waals surface area contributed by atoms with Crippen LogP contribution in [0, 0.1) is 13.8 Å². The first-order valence-electron chi connectivity index (χ1n) is 10.7. The van der Waals surface area contributed by atoms with Crippen molar-refractivity contribution in [3.05, 3.63) is 22.8 Å². The van der Waals surface area contributed by atoms with Gasteiger partial charge in [0.1, 0.15) is 0 Å². The Labute approximate surface area is 167 Å². The zero-order valence-corrected chi connectivity index (χ0v) is 18.8. The molecule has 1 atom stereocenters. The molecular weight excluding hydrogens is 387 g/mol. The van der Waals surface area contributed by atoms with Crippen molar-refractivity contribution in [2.24, 2.45) is 0 Å². The number of rotatable bonds is 13. The predicted molar refractivity (Wildman–Crippen MR) is 113 cm³/mol. The van der Waals surface area contributed by atoms with Crippen molar-refractivity contribution >= 4 is 15.0 Å². The van der Waals surface area contributed by atoms with Crippen LogP contribution >= 0.6 is 0 Å². The monoisotopic (exact) mass is 426 g/mol. The van der Waals surface area contributed by atoms with Crippen molar-refractivity contribution in [1.82, 2.24) is 0 Å². The Balaban J connectivity index is 1.48. The predicted octanol–water partition coefficient (Wildman–Crippen LogP) is 6.77. The molecule has 1 heterocycles. The van der Waals surface area contributed by atoms with E-state index in [1.54, 1.807) is 0 Å². The molecule has 0 bridgehead atoms. The van der Waals surface area contributed by atoms with Gasteiger partial charge < -0.3 is 0 Å². The van der Waals surface area contributed by atoms with Crippen molar-refractivity contribution < 1.29 is 9.84 Å². The van der Waals surface area contributed by atoms with Crippen LogP contribution in [0.3, 0.4) is 0 Å². The summed E-state index contributed by atoms with van der Waals surface area (Å²) in [5.41, 5.74) is 3.18. The number of unbranched alkanes of at least 4 members (excludes halogenated alkanes) is 9. The number of aromatic hydroxyl groups is 1. The molecule has 0 aliphatic carbocycles. The molecule has 0 radical (unpaired) electrons. The number of benzene rings is 1. The minimum atomic E-state index is 0.341. The van der Waals surface area contributed by atoms with Crippen molar-refractivity contribution in [3.63, 3.8) is 0 Å². The Hall–Kier alpha value is -0.661. The molecule has 1 aromatic carbocycles. The SMILES string of the molecule is CCCCCCCCCCCC[Se]CC1Cc2c(cc(C)c(O)c2C)O1. The fourth-order valence-electron chi connectivity index (χ4n) is 3.78. The van der Waals surface area contributed by atoms with E-state index < -0.39 is 0 Å². The number of fused-ring (bicyclic) bond motifs is 1. The summed E-state index contributed by atoms with van der Waals surface area (Å²) in [6.07, 6.45) is 15.5. The second kappa shape index (κ2) is 11.9. The quantitative estimate of drug-likeness (QED) is 0.279. The summed E-state index contributed by atoms with van der Waals surface area (Å²) in [5.74, 6) is 1.46. The van der Waals surface area contributed by atoms with Crippen molar-refractivity contribution in [2.45, 2.75) is 108 Å². The van der Waals surface area contributed by atoms with Gasteiger partial charge in [-0.1, -0.05) is 0 Å². The molecule has 0 aromatic heterocycles. The molecular formula is C23H38O2Se. The van der Waals surface area contributed by atoms with Gasteiger partial charge in [0.15, 0.2) is 0 Å². The third kappa shape index (κ3) is 6.82. The van der Waals surface area contributed by atoms with Crippen LogP contribution in [0.25, 0.3) is 0 Å². The van der Waals surface area contributed by atoms with E-state index in [1.807, 2.05) is 19.9 Å². The van der Waals surface area contributed by atoms with Crippen LogP contribution < -0.4 is 4.74 Å². The molecule has 1 unspecified atom stereocenters. The summed E-state index contributed by atoms with van der Waals surface area (Å²) in [6.45, 7) is 6.25. The molecule has 0 fully saturated rings. The third-order valence-corrected chi connectivity index (χ3v) is 7.98. The van der Waals surface area contributed by atoms with Gasteiger partial charge in [-0.25, -0.2) is 0 Å². The Morgan fingerprint density at radius 3 is 2.27 bits per heavy atom. The van der Waals surface area contributed by atoms with E-state index in [-0.39, 0.29) is 0 Å². The van der Waals surface area contributed by atoms with Crippen LogP contribution in [0.1, 0.15) is 87.8 Å². The van der Waals surface area contributed by atoms with Gasteiger partial charge in [0.05, 0.1) is 0 Å². The van der Waals surface area contributed by atoms with Gasteiger partial charge in [-0.05, 0) is 0 Å². The fraction of sp³-hybridized carbons (Fsp3) is 0.739. The van der Waals surface area contributed by atoms with E-state index >= 15 is 0 Å². The average molecular weight is 426 g/mol. The molecule has 1 aliphatic heterocycles. The number of aryl methyl sites for hydroxylation is 1. The number of ether oxygens (including phenoxy) is 1. The van der Waals surface area contributed by atoms with Gasteiger partial charge in [0.2, 0.25) is 0 Å². The normalized spacial score (nSPS) is 15.9. The van der Waals surface area contributed by atoms with E-state index in [0.717, 1.165) is 23.3 Å². The van der Waals surface area contributed by atoms with Crippen LogP contribution in [-0.2, 0) is 6.42 Å². The van der Waals surface area contributed by atoms with Crippen molar-refractivity contribution in [3.8, 4) is 11.5 Å². The second-order valence-electron chi connectivity index (χ2n) is 7.84. The molecule has 2 rings (SSSR count). The van der Waals surface area contributed by atoms with E-state index in [1.165, 1.54) is 80.4 Å². The Morgan fingerprint density at radius 1 is 1.00 bits per heavy atom. The van der Waals surface area contributed by atoms with Gasteiger partial charge in [-0.2, -0.15) is 0 Å². The summed E-state index contributed by atoms with van der Waals surface area (Å²) in [4.78, 5) is 0. The standard InChI is InChI=1S/C23H38O2Se/c1-4-5-6-7-8-9-10-11-12-13-14-26-17-20-16-21-19(3)23(24)18(2)15-22(21)25-20/h15,20,24H,4-14,16-17H2,1-3H3. The van der Waals surface area contributed by atoms with Gasteiger partial charge in [-0.15, -0.1) is 0 Å². The second-order valence-corrected chi connectivity index (χ2v) is 10.3. The summed E-state index contributed by atoms with van der Waals surface area (Å²) >= 11 is 0.692. The minimum absolute atomic E-state index is 0.341. The van der Waals surface area contributed by atoms with E-state index in [9.17, 15) is 5.11 Å². The van der Waals surface area contributed by atoms with Crippen LogP contribution in [0.15, 0.2) is 6.07 Å². The maximum atomic E-state index is 10.1. The molecule has 2 nitrogen and oxygen atoms in total. The van der Waals surface area contributed by atoms with Gasteiger partial charge >= 0.3 is 167 Å². The number of phenols is 1. The van der Waals surface area contributed by atoms with Crippen molar-refractivity contribution in [1.29, 1.82) is 0 Å². The van der Waals surface area contributed by atoms with Gasteiger partial charge in [0.25, 0.3) is 0 Å². The third-order valence-electron chi connectivity index (χ3n) is 5.50. The zero-order valence-electron chi connectivity index (χ0n) is 17.1. The topological polar surface area (TPSA) is 29.5 Å². The number of phenolic OH excluding ortho intramolecular Hbond substituents is 1. The van der Waals surface area contributed by atoms with E-state index in [0.29, 0.717) is 26.8 Å². The van der Waals surface area contributed by atoms with Crippen LogP contribution in [-0.4, -0.2) is 26.2 Å². The Morgan fingerprint density at radius 2 is 1.62 bits per heavy atom. The first kappa shape index (κ1) is 21.6. The molecule has 0 saturated carbocycles. The van der Waals surface area contributed by atoms with Gasteiger partial charge in [0, 0.05) is 0 Å². The molecule has 0 saturated heterocycles. The van der Waals surface area contributed by atoms with E-state index in [2.05, 4.69) is 6.92 Å². The number of hydrogen-bond acceptors (Lipinski definition) is 2. The Bertz CT molecular complexity index is 541. The molecule has 26 heavy (non-hydrogen) atoms. The maximum absolute atomic E-state index is 10.1. The summed E-state index contributed by atoms with van der Waals surface area (Å²) in [5, 5.41) is 12.7. The molecule has 1 aliphatic rings. The molecule has 0 spiro atoms. The van der Waals surface area contributed by atoms with Gasteiger partial charge in [-0.3, -0.25) is 0 Å². The number of hydrogen-bond donors (Lipinski definition) is 1.